The Kier molecular flexibility index (Phi) is 9.01. The zero-order valence-electron chi connectivity index (χ0n) is 24.0. The van der Waals surface area contributed by atoms with E-state index in [0.717, 1.165) is 10.6 Å². The largest absolute Gasteiger partial charge is 0.414 e. The number of nitrogens with one attached hydrogen (secondary N) is 2. The van der Waals surface area contributed by atoms with Crippen molar-refractivity contribution >= 4 is 22.5 Å². The van der Waals surface area contributed by atoms with Gasteiger partial charge in [-0.2, -0.15) is 0 Å². The summed E-state index contributed by atoms with van der Waals surface area (Å²) < 4.78 is 20.3. The van der Waals surface area contributed by atoms with Crippen molar-refractivity contribution in [1.29, 1.82) is 5.53 Å². The molecule has 1 aliphatic heterocycles. The van der Waals surface area contributed by atoms with Crippen molar-refractivity contribution in [3.8, 4) is 0 Å². The maximum atomic E-state index is 12.8. The topological polar surface area (TPSA) is 196 Å². The monoisotopic (exact) mass is 571 g/mol. The van der Waals surface area contributed by atoms with Crippen LogP contribution < -0.4 is 21.9 Å². The number of primary amides is 1. The van der Waals surface area contributed by atoms with Crippen molar-refractivity contribution in [3.05, 3.63) is 33.1 Å². The van der Waals surface area contributed by atoms with Crippen LogP contribution in [0.25, 0.3) is 0 Å². The Balaban J connectivity index is 2.80. The molecular weight excluding hydrogens is 528 g/mol. The number of amides is 1. The van der Waals surface area contributed by atoms with Gasteiger partial charge in [0, 0.05) is 12.3 Å². The molecule has 1 saturated heterocycles. The van der Waals surface area contributed by atoms with Crippen LogP contribution in [-0.2, 0) is 18.4 Å². The van der Waals surface area contributed by atoms with E-state index >= 15 is 0 Å². The Bertz CT molecular complexity index is 1190. The van der Waals surface area contributed by atoms with Gasteiger partial charge in [-0.3, -0.25) is 19.1 Å². The van der Waals surface area contributed by atoms with Crippen LogP contribution in [-0.4, -0.2) is 67.7 Å². The molecule has 214 valence electrons. The lowest BCUT2D eigenvalue weighted by atomic mass is 9.84. The minimum Gasteiger partial charge on any atom is -0.414 e. The lowest BCUT2D eigenvalue weighted by Gasteiger charge is -2.44. The van der Waals surface area contributed by atoms with Gasteiger partial charge in [-0.15, -0.1) is 0 Å². The van der Waals surface area contributed by atoms with Crippen LogP contribution in [0.4, 0.5) is 0 Å². The van der Waals surface area contributed by atoms with Gasteiger partial charge in [0.25, 0.3) is 11.5 Å². The highest BCUT2D eigenvalue weighted by molar-refractivity contribution is 6.74. The average molecular weight is 572 g/mol. The molecule has 1 aromatic rings. The zero-order chi connectivity index (χ0) is 29.5. The molecule has 1 fully saturated rings. The van der Waals surface area contributed by atoms with Crippen molar-refractivity contribution < 1.29 is 23.5 Å². The van der Waals surface area contributed by atoms with Crippen molar-refractivity contribution in [3.63, 3.8) is 0 Å². The number of hydrogen-bond donors (Lipinski definition) is 4. The zero-order valence-corrected chi connectivity index (χ0v) is 26.0. The molecule has 0 spiro atoms. The van der Waals surface area contributed by atoms with Crippen LogP contribution in [0.5, 0.6) is 0 Å². The first-order valence-electron chi connectivity index (χ1n) is 12.5. The van der Waals surface area contributed by atoms with Gasteiger partial charge in [0.15, 0.2) is 28.5 Å². The summed E-state index contributed by atoms with van der Waals surface area (Å²) in [5.74, 6) is -1.05. The quantitative estimate of drug-likeness (QED) is 0.197. The maximum absolute atomic E-state index is 12.8. The lowest BCUT2D eigenvalue weighted by molar-refractivity contribution is -0.138. The van der Waals surface area contributed by atoms with Gasteiger partial charge >= 0.3 is 5.69 Å². The van der Waals surface area contributed by atoms with Crippen molar-refractivity contribution in [2.24, 2.45) is 10.8 Å². The van der Waals surface area contributed by atoms with Crippen molar-refractivity contribution in [2.45, 2.75) is 108 Å². The first kappa shape index (κ1) is 31.9. The summed E-state index contributed by atoms with van der Waals surface area (Å²) in [6.07, 6.45) is -2.66. The third-order valence-electron chi connectivity index (χ3n) is 8.17. The molecule has 2 heterocycles. The number of hydrogen-bond acceptors (Lipinski definition) is 9. The van der Waals surface area contributed by atoms with E-state index in [4.69, 9.17) is 24.9 Å². The normalized spacial score (nSPS) is 25.6. The Morgan fingerprint density at radius 3 is 2.24 bits per heavy atom. The molecule has 38 heavy (non-hydrogen) atoms. The molecule has 5 atom stereocenters. The molecular formula is C23H43N6O7Si2+. The summed E-state index contributed by atoms with van der Waals surface area (Å²) >= 11 is 0. The molecule has 5 N–H and O–H groups in total. The molecule has 1 amide bonds. The molecule has 0 aromatic carbocycles. The predicted octanol–water partition coefficient (Wildman–Crippen LogP) is 1.98. The number of aromatic amines is 1. The van der Waals surface area contributed by atoms with E-state index in [1.165, 1.54) is 6.20 Å². The lowest BCUT2D eigenvalue weighted by Crippen LogP contribution is -2.64. The third kappa shape index (κ3) is 6.14. The number of H-pyrrole nitrogens is 1. The number of aromatic nitrogens is 2. The van der Waals surface area contributed by atoms with E-state index in [2.05, 4.69) is 15.0 Å². The number of rotatable bonds is 9. The Hall–Kier alpha value is -2.27. The van der Waals surface area contributed by atoms with Crippen LogP contribution >= 0.6 is 0 Å². The van der Waals surface area contributed by atoms with Gasteiger partial charge in [-0.25, -0.2) is 4.79 Å². The number of carbonyl (C=O) groups excluding carboxylic acids is 1. The number of carbonyl (C=O) groups is 1. The number of nitrogens with zero attached hydrogens (tertiary/aromatic N) is 3. The fourth-order valence-corrected chi connectivity index (χ4v) is 5.98. The first-order chi connectivity index (χ1) is 17.1. The Labute approximate surface area is 224 Å². The number of nitrogens with two attached hydrogens (primary N) is 1. The molecule has 5 unspecified atom stereocenters. The Morgan fingerprint density at radius 1 is 1.24 bits per heavy atom. The van der Waals surface area contributed by atoms with E-state index in [0.29, 0.717) is 0 Å². The summed E-state index contributed by atoms with van der Waals surface area (Å²) in [5.41, 5.74) is 9.28. The molecule has 1 aliphatic rings. The van der Waals surface area contributed by atoms with Gasteiger partial charge in [0.05, 0.1) is 6.61 Å². The fraction of sp³-hybridized carbons (Fsp3) is 0.783. The maximum Gasteiger partial charge on any atom is 0.330 e. The van der Waals surface area contributed by atoms with Crippen LogP contribution in [0.2, 0.25) is 36.3 Å². The first-order valence-corrected chi connectivity index (χ1v) is 18.3. The van der Waals surface area contributed by atoms with Gasteiger partial charge in [-0.1, -0.05) is 41.5 Å². The molecule has 0 bridgehead atoms. The van der Waals surface area contributed by atoms with Crippen molar-refractivity contribution in [2.75, 3.05) is 6.61 Å². The van der Waals surface area contributed by atoms with E-state index in [9.17, 15) is 19.5 Å². The standard InChI is InChI=1S/C23H42N6O7Si2/c1-21(2,3)37(7,8)34-13-14-23(33,16(18(24)31)27-28-25)17(36-38(9,10)22(4,5)6)19(35-14)29-12-11-15(30)26-20(29)32/h11-12,14,16-17,19,25,33H,13H2,1-10H3,(H2-,24,26,30,31,32)/p+1. The molecule has 13 nitrogen and oxygen atoms in total. The molecule has 0 aliphatic carbocycles. The van der Waals surface area contributed by atoms with Gasteiger partial charge < -0.3 is 24.4 Å². The molecule has 15 heteroatoms. The number of aliphatic hydroxyl groups is 1. The smallest absolute Gasteiger partial charge is 0.330 e. The summed E-state index contributed by atoms with van der Waals surface area (Å²) in [6, 6.07) is -0.604. The van der Waals surface area contributed by atoms with Crippen LogP contribution in [0.1, 0.15) is 47.8 Å². The highest BCUT2D eigenvalue weighted by Gasteiger charge is 2.66. The second-order valence-electron chi connectivity index (χ2n) is 12.8. The van der Waals surface area contributed by atoms with E-state index in [-0.39, 0.29) is 16.7 Å². The second-order valence-corrected chi connectivity index (χ2v) is 22.4. The SMILES string of the molecule is CC(C)(C)[Si](C)(C)OCC1OC(n2ccc(=O)[nH]c2=O)C(O[Si](C)(C)C(C)(C)C)C1(O)C(N=[N+]=N)C(N)=O. The molecule has 2 rings (SSSR count). The van der Waals surface area contributed by atoms with Crippen LogP contribution in [0.15, 0.2) is 27.0 Å². The molecule has 1 aromatic heterocycles. The van der Waals surface area contributed by atoms with Gasteiger partial charge in [0.2, 0.25) is 11.0 Å². The number of ether oxygens (including phenoxy) is 1. The minimum absolute atomic E-state index is 0.170. The summed E-state index contributed by atoms with van der Waals surface area (Å²) in [5, 5.41) is 15.5. The minimum atomic E-state index is -2.72. The van der Waals surface area contributed by atoms with Crippen molar-refractivity contribution in [1.82, 2.24) is 14.5 Å². The van der Waals surface area contributed by atoms with Gasteiger partial charge in [-0.05, 0) is 36.3 Å². The highest BCUT2D eigenvalue weighted by atomic mass is 28.4. The molecule has 0 saturated carbocycles. The van der Waals surface area contributed by atoms with Crippen LogP contribution in [0, 0.1) is 5.53 Å². The highest BCUT2D eigenvalue weighted by Crippen LogP contribution is 2.47. The van der Waals surface area contributed by atoms with Gasteiger partial charge in [0.1, 0.15) is 22.9 Å². The summed E-state index contributed by atoms with van der Waals surface area (Å²) in [7, 11) is -5.10. The third-order valence-corrected chi connectivity index (χ3v) is 17.1. The fourth-order valence-electron chi connectivity index (χ4n) is 3.69. The predicted molar refractivity (Wildman–Crippen MR) is 146 cm³/mol. The van der Waals surface area contributed by atoms with E-state index in [1.54, 1.807) is 0 Å². The second kappa shape index (κ2) is 10.7. The Morgan fingerprint density at radius 2 is 1.79 bits per heavy atom. The van der Waals surface area contributed by atoms with E-state index in [1.807, 2.05) is 67.7 Å². The summed E-state index contributed by atoms with van der Waals surface area (Å²) in [4.78, 5) is 42.4. The van der Waals surface area contributed by atoms with Crippen LogP contribution in [0.3, 0.4) is 0 Å². The summed E-state index contributed by atoms with van der Waals surface area (Å²) in [6.45, 7) is 19.8. The average Bonchev–Trinajstić information content (AvgIpc) is 3.00. The van der Waals surface area contributed by atoms with E-state index < -0.39 is 63.9 Å². The molecule has 0 radical (unpaired) electrons.